The highest BCUT2D eigenvalue weighted by molar-refractivity contribution is 7.14. The zero-order valence-electron chi connectivity index (χ0n) is 13.2. The number of amides is 2. The number of nitrogens with one attached hydrogen (secondary N) is 1. The van der Waals surface area contributed by atoms with Crippen molar-refractivity contribution in [2.45, 2.75) is 0 Å². The summed E-state index contributed by atoms with van der Waals surface area (Å²) in [5, 5.41) is 13.4. The lowest BCUT2D eigenvalue weighted by atomic mass is 10.1. The third-order valence-electron chi connectivity index (χ3n) is 3.57. The molecule has 0 spiro atoms. The smallest absolute Gasteiger partial charge is 0.326 e. The summed E-state index contributed by atoms with van der Waals surface area (Å²) < 4.78 is 4.85. The number of rotatable bonds is 5. The fourth-order valence-corrected chi connectivity index (χ4v) is 3.14. The number of thiophene rings is 1. The topological polar surface area (TPSA) is 117 Å². The minimum absolute atomic E-state index is 0.227. The molecule has 0 unspecified atom stereocenters. The Morgan fingerprint density at radius 3 is 2.77 bits per heavy atom. The lowest BCUT2D eigenvalue weighted by molar-refractivity contribution is -0.146. The van der Waals surface area contributed by atoms with Crippen molar-refractivity contribution in [1.29, 1.82) is 5.26 Å². The van der Waals surface area contributed by atoms with Crippen LogP contribution in [-0.4, -0.2) is 36.7 Å². The van der Waals surface area contributed by atoms with Crippen molar-refractivity contribution in [3.8, 4) is 6.07 Å². The first-order valence-corrected chi connectivity index (χ1v) is 8.27. The van der Waals surface area contributed by atoms with Crippen molar-refractivity contribution in [2.75, 3.05) is 23.4 Å². The molecule has 0 saturated heterocycles. The molecule has 1 aromatic heterocycles. The number of ketones is 1. The van der Waals surface area contributed by atoms with E-state index in [2.05, 4.69) is 5.32 Å². The van der Waals surface area contributed by atoms with E-state index in [0.29, 0.717) is 16.3 Å². The molecule has 1 N–H and O–H groups in total. The maximum Gasteiger partial charge on any atom is 0.326 e. The number of nitrogens with zero attached hydrogens (tertiary/aromatic N) is 2. The van der Waals surface area contributed by atoms with Gasteiger partial charge < -0.3 is 10.1 Å². The number of Topliss-reactive ketones (excluding diaryl/α,β-unsaturated/α-hetero) is 1. The van der Waals surface area contributed by atoms with E-state index in [1.54, 1.807) is 29.6 Å². The third-order valence-corrected chi connectivity index (χ3v) is 4.40. The van der Waals surface area contributed by atoms with Gasteiger partial charge in [-0.2, -0.15) is 5.26 Å². The lowest BCUT2D eigenvalue weighted by Gasteiger charge is -2.15. The fraction of sp³-hybridized carbons (Fsp3) is 0.118. The molecule has 0 saturated carbocycles. The van der Waals surface area contributed by atoms with Gasteiger partial charge in [-0.15, -0.1) is 11.3 Å². The zero-order chi connectivity index (χ0) is 18.7. The van der Waals surface area contributed by atoms with Crippen LogP contribution in [0, 0.1) is 11.3 Å². The standard InChI is InChI=1S/C17H11N3O5S/c18-7-10-5-6-26-16(10)19-13(21)9-25-14(22)8-20-12-4-2-1-3-11(12)15(23)17(20)24/h1-6H,8-9H2,(H,19,21). The van der Waals surface area contributed by atoms with Gasteiger partial charge in [0.2, 0.25) is 0 Å². The Hall–Kier alpha value is -3.51. The first-order chi connectivity index (χ1) is 12.5. The second kappa shape index (κ2) is 7.16. The highest BCUT2D eigenvalue weighted by Gasteiger charge is 2.36. The van der Waals surface area contributed by atoms with Crippen molar-refractivity contribution in [3.05, 3.63) is 46.8 Å². The zero-order valence-corrected chi connectivity index (χ0v) is 14.0. The van der Waals surface area contributed by atoms with Crippen LogP contribution in [-0.2, 0) is 19.1 Å². The van der Waals surface area contributed by atoms with Crippen LogP contribution in [0.5, 0.6) is 0 Å². The number of fused-ring (bicyclic) bond motifs is 1. The summed E-state index contributed by atoms with van der Waals surface area (Å²) in [5.74, 6) is -2.94. The Kier molecular flexibility index (Phi) is 4.77. The molecule has 3 rings (SSSR count). The molecule has 0 atom stereocenters. The molecule has 26 heavy (non-hydrogen) atoms. The maximum atomic E-state index is 12.0. The second-order valence-corrected chi connectivity index (χ2v) is 6.14. The average molecular weight is 369 g/mol. The maximum absolute atomic E-state index is 12.0. The van der Waals surface area contributed by atoms with E-state index >= 15 is 0 Å². The Labute approximate surface area is 151 Å². The van der Waals surface area contributed by atoms with E-state index in [4.69, 9.17) is 10.00 Å². The minimum atomic E-state index is -0.829. The van der Waals surface area contributed by atoms with E-state index in [1.165, 1.54) is 17.4 Å². The van der Waals surface area contributed by atoms with Crippen LogP contribution < -0.4 is 10.2 Å². The van der Waals surface area contributed by atoms with Gasteiger partial charge in [-0.1, -0.05) is 12.1 Å². The number of nitriles is 1. The number of carbonyl (C=O) groups excluding carboxylic acids is 4. The first kappa shape index (κ1) is 17.3. The van der Waals surface area contributed by atoms with E-state index in [9.17, 15) is 19.2 Å². The van der Waals surface area contributed by atoms with Crippen molar-refractivity contribution in [1.82, 2.24) is 0 Å². The van der Waals surface area contributed by atoms with Gasteiger partial charge in [0.05, 0.1) is 16.8 Å². The third kappa shape index (κ3) is 3.31. The summed E-state index contributed by atoms with van der Waals surface area (Å²) in [6, 6.07) is 9.80. The van der Waals surface area contributed by atoms with E-state index in [0.717, 1.165) is 4.90 Å². The van der Waals surface area contributed by atoms with Gasteiger partial charge in [-0.25, -0.2) is 0 Å². The molecule has 0 aliphatic carbocycles. The van der Waals surface area contributed by atoms with Crippen LogP contribution in [0.3, 0.4) is 0 Å². The van der Waals surface area contributed by atoms with Crippen molar-refractivity contribution in [3.63, 3.8) is 0 Å². The number of benzene rings is 1. The van der Waals surface area contributed by atoms with Crippen LogP contribution >= 0.6 is 11.3 Å². The molecule has 2 amide bonds. The minimum Gasteiger partial charge on any atom is -0.454 e. The van der Waals surface area contributed by atoms with Crippen LogP contribution in [0.2, 0.25) is 0 Å². The number of carbonyl (C=O) groups is 4. The average Bonchev–Trinajstić information content (AvgIpc) is 3.18. The summed E-state index contributed by atoms with van der Waals surface area (Å²) in [6.07, 6.45) is 0. The molecule has 2 aromatic rings. The Bertz CT molecular complexity index is 959. The summed E-state index contributed by atoms with van der Waals surface area (Å²) in [4.78, 5) is 48.6. The van der Waals surface area contributed by atoms with Gasteiger partial charge in [0.1, 0.15) is 17.6 Å². The van der Waals surface area contributed by atoms with Crippen molar-refractivity contribution >= 4 is 45.6 Å². The highest BCUT2D eigenvalue weighted by atomic mass is 32.1. The lowest BCUT2D eigenvalue weighted by Crippen LogP contribution is -2.36. The van der Waals surface area contributed by atoms with Gasteiger partial charge in [0, 0.05) is 0 Å². The SMILES string of the molecule is N#Cc1ccsc1NC(=O)COC(=O)CN1C(=O)C(=O)c2ccccc21. The van der Waals surface area contributed by atoms with E-state index in [-0.39, 0.29) is 5.56 Å². The van der Waals surface area contributed by atoms with E-state index in [1.807, 2.05) is 6.07 Å². The quantitative estimate of drug-likeness (QED) is 0.628. The first-order valence-electron chi connectivity index (χ1n) is 7.39. The molecule has 0 fully saturated rings. The van der Waals surface area contributed by atoms with Crippen LogP contribution in [0.15, 0.2) is 35.7 Å². The number of hydrogen-bond acceptors (Lipinski definition) is 7. The van der Waals surface area contributed by atoms with Gasteiger partial charge in [-0.05, 0) is 23.6 Å². The number of esters is 1. The van der Waals surface area contributed by atoms with Crippen molar-refractivity contribution < 1.29 is 23.9 Å². The molecule has 1 aliphatic heterocycles. The molecule has 2 heterocycles. The predicted molar refractivity (Wildman–Crippen MR) is 91.7 cm³/mol. The highest BCUT2D eigenvalue weighted by Crippen LogP contribution is 2.28. The van der Waals surface area contributed by atoms with E-state index < -0.39 is 36.7 Å². The Balaban J connectivity index is 1.57. The summed E-state index contributed by atoms with van der Waals surface area (Å²) >= 11 is 1.17. The second-order valence-electron chi connectivity index (χ2n) is 5.22. The van der Waals surface area contributed by atoms with Gasteiger partial charge in [0.15, 0.2) is 6.61 Å². The Morgan fingerprint density at radius 1 is 1.23 bits per heavy atom. The largest absolute Gasteiger partial charge is 0.454 e. The normalized spacial score (nSPS) is 12.5. The summed E-state index contributed by atoms with van der Waals surface area (Å²) in [7, 11) is 0. The molecule has 9 heteroatoms. The summed E-state index contributed by atoms with van der Waals surface area (Å²) in [5.41, 5.74) is 0.873. The van der Waals surface area contributed by atoms with Gasteiger partial charge in [0.25, 0.3) is 17.6 Å². The van der Waals surface area contributed by atoms with Crippen LogP contribution in [0.4, 0.5) is 10.7 Å². The van der Waals surface area contributed by atoms with Crippen LogP contribution in [0.25, 0.3) is 0 Å². The van der Waals surface area contributed by atoms with Crippen LogP contribution in [0.1, 0.15) is 15.9 Å². The molecule has 8 nitrogen and oxygen atoms in total. The number of ether oxygens (including phenoxy) is 1. The summed E-state index contributed by atoms with van der Waals surface area (Å²) in [6.45, 7) is -1.05. The van der Waals surface area contributed by atoms with Crippen molar-refractivity contribution in [2.24, 2.45) is 0 Å². The number of anilines is 2. The molecule has 130 valence electrons. The molecule has 1 aliphatic rings. The molecular weight excluding hydrogens is 358 g/mol. The van der Waals surface area contributed by atoms with Gasteiger partial charge >= 0.3 is 5.97 Å². The molecule has 1 aromatic carbocycles. The Morgan fingerprint density at radius 2 is 2.00 bits per heavy atom. The predicted octanol–water partition coefficient (Wildman–Crippen LogP) is 1.33. The van der Waals surface area contributed by atoms with Gasteiger partial charge in [-0.3, -0.25) is 24.1 Å². The fourth-order valence-electron chi connectivity index (χ4n) is 2.38. The molecule has 0 bridgehead atoms. The monoisotopic (exact) mass is 369 g/mol. The molecule has 0 radical (unpaired) electrons. The number of hydrogen-bond donors (Lipinski definition) is 1. The molecular formula is C17H11N3O5S. The number of para-hydroxylation sites is 1.